The third-order valence-corrected chi connectivity index (χ3v) is 2.59. The number of guanidine groups is 1. The van der Waals surface area contributed by atoms with Crippen molar-refractivity contribution in [1.82, 2.24) is 16.0 Å². The first kappa shape index (κ1) is 20.6. The third-order valence-electron chi connectivity index (χ3n) is 1.98. The van der Waals surface area contributed by atoms with Crippen molar-refractivity contribution in [2.45, 2.75) is 33.2 Å². The van der Waals surface area contributed by atoms with Crippen molar-refractivity contribution in [3.8, 4) is 0 Å². The average molecular weight is 388 g/mol. The van der Waals surface area contributed by atoms with E-state index in [-0.39, 0.29) is 29.5 Å². The first-order valence-corrected chi connectivity index (χ1v) is 7.65. The van der Waals surface area contributed by atoms with E-state index in [9.17, 15) is 0 Å². The van der Waals surface area contributed by atoms with Crippen molar-refractivity contribution in [1.29, 1.82) is 0 Å². The molecule has 18 heavy (non-hydrogen) atoms. The van der Waals surface area contributed by atoms with Gasteiger partial charge in [-0.3, -0.25) is 4.99 Å². The lowest BCUT2D eigenvalue weighted by Crippen LogP contribution is -2.40. The highest BCUT2D eigenvalue weighted by Crippen LogP contribution is 1.96. The maximum Gasteiger partial charge on any atom is 0.191 e. The molecule has 0 radical (unpaired) electrons. The molecule has 0 heterocycles. The molecule has 0 aromatic heterocycles. The van der Waals surface area contributed by atoms with Crippen LogP contribution in [0.4, 0.5) is 0 Å². The minimum Gasteiger partial charge on any atom is -0.357 e. The van der Waals surface area contributed by atoms with Crippen LogP contribution >= 0.6 is 35.7 Å². The molecule has 3 N–H and O–H groups in total. The molecule has 0 rings (SSSR count). The second-order valence-electron chi connectivity index (χ2n) is 4.86. The van der Waals surface area contributed by atoms with Crippen LogP contribution in [0.1, 0.15) is 27.7 Å². The van der Waals surface area contributed by atoms with Crippen molar-refractivity contribution < 1.29 is 0 Å². The standard InChI is InChI=1S/C12H28N4S.HI/c1-6-13-11(15-9-10-17-5)14-7-8-16-12(2,3)4;/h16H,6-10H2,1-5H3,(H2,13,14,15);1H. The maximum atomic E-state index is 4.51. The molecule has 4 nitrogen and oxygen atoms in total. The highest BCUT2D eigenvalue weighted by atomic mass is 127. The number of rotatable bonds is 7. The Morgan fingerprint density at radius 2 is 1.83 bits per heavy atom. The van der Waals surface area contributed by atoms with Gasteiger partial charge in [-0.05, 0) is 34.0 Å². The fourth-order valence-electron chi connectivity index (χ4n) is 1.21. The molecule has 0 aliphatic carbocycles. The van der Waals surface area contributed by atoms with Crippen molar-refractivity contribution in [2.75, 3.05) is 38.2 Å². The molecule has 6 heteroatoms. The summed E-state index contributed by atoms with van der Waals surface area (Å²) < 4.78 is 0. The quantitative estimate of drug-likeness (QED) is 0.270. The van der Waals surface area contributed by atoms with Crippen LogP contribution in [0.15, 0.2) is 4.99 Å². The van der Waals surface area contributed by atoms with Gasteiger partial charge in [-0.25, -0.2) is 0 Å². The van der Waals surface area contributed by atoms with E-state index in [4.69, 9.17) is 0 Å². The molecule has 0 aliphatic heterocycles. The number of hydrogen-bond donors (Lipinski definition) is 3. The van der Waals surface area contributed by atoms with E-state index in [1.54, 1.807) is 0 Å². The normalized spacial score (nSPS) is 11.9. The van der Waals surface area contributed by atoms with E-state index in [0.29, 0.717) is 0 Å². The van der Waals surface area contributed by atoms with Crippen LogP contribution in [-0.2, 0) is 0 Å². The fraction of sp³-hybridized carbons (Fsp3) is 0.917. The minimum atomic E-state index is 0. The first-order chi connectivity index (χ1) is 7.99. The molecular weight excluding hydrogens is 359 g/mol. The number of nitrogens with one attached hydrogen (secondary N) is 3. The Morgan fingerprint density at radius 1 is 1.17 bits per heavy atom. The lowest BCUT2D eigenvalue weighted by atomic mass is 10.1. The van der Waals surface area contributed by atoms with Crippen LogP contribution < -0.4 is 16.0 Å². The van der Waals surface area contributed by atoms with Gasteiger partial charge >= 0.3 is 0 Å². The zero-order chi connectivity index (χ0) is 13.1. The Hall–Kier alpha value is 0.310. The van der Waals surface area contributed by atoms with Gasteiger partial charge in [-0.15, -0.1) is 24.0 Å². The lowest BCUT2D eigenvalue weighted by molar-refractivity contribution is 0.432. The molecule has 0 saturated carbocycles. The average Bonchev–Trinajstić information content (AvgIpc) is 2.23. The van der Waals surface area contributed by atoms with E-state index >= 15 is 0 Å². The predicted molar refractivity (Wildman–Crippen MR) is 95.5 cm³/mol. The molecule has 110 valence electrons. The Labute approximate surface area is 134 Å². The molecule has 0 aliphatic rings. The van der Waals surface area contributed by atoms with Crippen molar-refractivity contribution >= 4 is 41.7 Å². The van der Waals surface area contributed by atoms with Crippen LogP contribution in [0.25, 0.3) is 0 Å². The monoisotopic (exact) mass is 388 g/mol. The molecule has 0 fully saturated rings. The summed E-state index contributed by atoms with van der Waals surface area (Å²) in [5, 5.41) is 9.97. The molecule has 0 bridgehead atoms. The van der Waals surface area contributed by atoms with Gasteiger partial charge in [0.05, 0.1) is 6.54 Å². The van der Waals surface area contributed by atoms with Crippen LogP contribution in [0.2, 0.25) is 0 Å². The van der Waals surface area contributed by atoms with Gasteiger partial charge in [0.1, 0.15) is 0 Å². The number of nitrogens with zero attached hydrogens (tertiary/aromatic N) is 1. The van der Waals surface area contributed by atoms with Gasteiger partial charge in [0.25, 0.3) is 0 Å². The van der Waals surface area contributed by atoms with Crippen LogP contribution in [-0.4, -0.2) is 49.7 Å². The summed E-state index contributed by atoms with van der Waals surface area (Å²) in [6.45, 7) is 12.1. The molecule has 0 spiro atoms. The summed E-state index contributed by atoms with van der Waals surface area (Å²) in [6, 6.07) is 0. The Bertz CT molecular complexity index is 217. The Balaban J connectivity index is 0. The second-order valence-corrected chi connectivity index (χ2v) is 5.84. The molecule has 0 aromatic rings. The maximum absolute atomic E-state index is 4.51. The highest BCUT2D eigenvalue weighted by molar-refractivity contribution is 14.0. The van der Waals surface area contributed by atoms with Crippen molar-refractivity contribution in [3.63, 3.8) is 0 Å². The van der Waals surface area contributed by atoms with E-state index in [1.165, 1.54) is 0 Å². The summed E-state index contributed by atoms with van der Waals surface area (Å²) in [6.07, 6.45) is 2.11. The van der Waals surface area contributed by atoms with Crippen LogP contribution in [0, 0.1) is 0 Å². The van der Waals surface area contributed by atoms with Gasteiger partial charge in [-0.2, -0.15) is 11.8 Å². The SMILES string of the molecule is CCNC(=NCCNC(C)(C)C)NCCSC.I. The summed E-state index contributed by atoms with van der Waals surface area (Å²) in [7, 11) is 0. The molecule has 0 saturated heterocycles. The third kappa shape index (κ3) is 14.4. The molecular formula is C12H29IN4S. The zero-order valence-electron chi connectivity index (χ0n) is 12.3. The largest absolute Gasteiger partial charge is 0.357 e. The van der Waals surface area contributed by atoms with E-state index in [2.05, 4.69) is 54.9 Å². The fourth-order valence-corrected chi connectivity index (χ4v) is 1.52. The second kappa shape index (κ2) is 12.3. The number of thioether (sulfide) groups is 1. The molecule has 0 unspecified atom stereocenters. The summed E-state index contributed by atoms with van der Waals surface area (Å²) in [5.74, 6) is 2.02. The Kier molecular flexibility index (Phi) is 14.1. The van der Waals surface area contributed by atoms with Gasteiger partial charge in [-0.1, -0.05) is 0 Å². The van der Waals surface area contributed by atoms with E-state index < -0.39 is 0 Å². The van der Waals surface area contributed by atoms with Crippen molar-refractivity contribution in [2.24, 2.45) is 4.99 Å². The number of aliphatic imine (C=N–C) groups is 1. The van der Waals surface area contributed by atoms with Crippen molar-refractivity contribution in [3.05, 3.63) is 0 Å². The number of halogens is 1. The predicted octanol–water partition coefficient (Wildman–Crippen LogP) is 1.91. The summed E-state index contributed by atoms with van der Waals surface area (Å²) in [5.41, 5.74) is 0.167. The summed E-state index contributed by atoms with van der Waals surface area (Å²) in [4.78, 5) is 4.51. The molecule has 0 aromatic carbocycles. The van der Waals surface area contributed by atoms with Gasteiger partial charge < -0.3 is 16.0 Å². The molecule has 0 amide bonds. The highest BCUT2D eigenvalue weighted by Gasteiger charge is 2.06. The van der Waals surface area contributed by atoms with Crippen LogP contribution in [0.5, 0.6) is 0 Å². The van der Waals surface area contributed by atoms with E-state index in [0.717, 1.165) is 37.9 Å². The summed E-state index contributed by atoms with van der Waals surface area (Å²) >= 11 is 1.84. The van der Waals surface area contributed by atoms with Gasteiger partial charge in [0.2, 0.25) is 0 Å². The minimum absolute atomic E-state index is 0. The van der Waals surface area contributed by atoms with Gasteiger partial charge in [0.15, 0.2) is 5.96 Å². The zero-order valence-corrected chi connectivity index (χ0v) is 15.4. The first-order valence-electron chi connectivity index (χ1n) is 6.25. The topological polar surface area (TPSA) is 48.5 Å². The van der Waals surface area contributed by atoms with Gasteiger partial charge in [0, 0.05) is 30.9 Å². The van der Waals surface area contributed by atoms with Crippen LogP contribution in [0.3, 0.4) is 0 Å². The Morgan fingerprint density at radius 3 is 2.33 bits per heavy atom. The lowest BCUT2D eigenvalue weighted by Gasteiger charge is -2.19. The smallest absolute Gasteiger partial charge is 0.191 e. The molecule has 0 atom stereocenters. The van der Waals surface area contributed by atoms with E-state index in [1.807, 2.05) is 11.8 Å². The number of hydrogen-bond acceptors (Lipinski definition) is 3.